The Labute approximate surface area is 63.6 Å². The van der Waals surface area contributed by atoms with Crippen LogP contribution < -0.4 is 5.32 Å². The van der Waals surface area contributed by atoms with Crippen LogP contribution in [0.1, 0.15) is 13.3 Å². The lowest BCUT2D eigenvalue weighted by Gasteiger charge is -2.29. The lowest BCUT2D eigenvalue weighted by Crippen LogP contribution is -2.95. The van der Waals surface area contributed by atoms with Crippen LogP contribution in [0.15, 0.2) is 0 Å². The summed E-state index contributed by atoms with van der Waals surface area (Å²) in [5.74, 6) is 0. The Kier molecular flexibility index (Phi) is 3.16. The van der Waals surface area contributed by atoms with Crippen molar-refractivity contribution < 1.29 is 5.32 Å². The molecule has 1 aliphatic rings. The van der Waals surface area contributed by atoms with E-state index < -0.39 is 0 Å². The van der Waals surface area contributed by atoms with E-state index in [9.17, 15) is 0 Å². The second-order valence-corrected chi connectivity index (χ2v) is 2.95. The van der Waals surface area contributed by atoms with E-state index in [1.54, 1.807) is 0 Å². The zero-order valence-corrected chi connectivity index (χ0v) is 6.71. The molecule has 0 aliphatic carbocycles. The highest BCUT2D eigenvalue weighted by Gasteiger charge is 2.18. The predicted octanol–water partition coefficient (Wildman–Crippen LogP) is -0.645. The maximum atomic E-state index is 5.53. The summed E-state index contributed by atoms with van der Waals surface area (Å²) < 4.78 is 0. The van der Waals surface area contributed by atoms with Gasteiger partial charge in [-0.3, -0.25) is 4.90 Å². The average Bonchev–Trinajstić information content (AvgIpc) is 2.05. The van der Waals surface area contributed by atoms with Crippen molar-refractivity contribution in [3.63, 3.8) is 0 Å². The van der Waals surface area contributed by atoms with Gasteiger partial charge in [-0.25, -0.2) is 0 Å². The summed E-state index contributed by atoms with van der Waals surface area (Å²) in [7, 11) is 0. The first kappa shape index (κ1) is 8.02. The first-order chi connectivity index (χ1) is 4.86. The number of piperazine rings is 1. The van der Waals surface area contributed by atoms with E-state index in [0.717, 1.165) is 19.1 Å². The molecule has 0 aromatic carbocycles. The third-order valence-corrected chi connectivity index (χ3v) is 2.22. The lowest BCUT2D eigenvalue weighted by molar-refractivity contribution is -0.698. The Morgan fingerprint density at radius 2 is 2.50 bits per heavy atom. The van der Waals surface area contributed by atoms with Gasteiger partial charge in [-0.15, -0.1) is 0 Å². The molecule has 1 heterocycles. The van der Waals surface area contributed by atoms with Gasteiger partial charge in [0.2, 0.25) is 0 Å². The molecule has 1 saturated heterocycles. The third kappa shape index (κ3) is 1.96. The van der Waals surface area contributed by atoms with E-state index in [-0.39, 0.29) is 0 Å². The Balaban J connectivity index is 2.25. The van der Waals surface area contributed by atoms with Gasteiger partial charge in [0.05, 0.1) is 19.1 Å². The van der Waals surface area contributed by atoms with Crippen molar-refractivity contribution >= 4 is 0 Å². The van der Waals surface area contributed by atoms with Gasteiger partial charge in [0, 0.05) is 13.1 Å². The fourth-order valence-electron chi connectivity index (χ4n) is 1.45. The first-order valence-corrected chi connectivity index (χ1v) is 4.12. The van der Waals surface area contributed by atoms with E-state index in [0.29, 0.717) is 0 Å². The molecule has 0 aromatic heterocycles. The molecule has 1 fully saturated rings. The molecule has 0 amide bonds. The average molecular weight is 141 g/mol. The van der Waals surface area contributed by atoms with E-state index >= 15 is 0 Å². The molecule has 2 N–H and O–H groups in total. The van der Waals surface area contributed by atoms with Gasteiger partial charge in [-0.05, 0) is 13.3 Å². The summed E-state index contributed by atoms with van der Waals surface area (Å²) in [6, 6.07) is 0.789. The van der Waals surface area contributed by atoms with Crippen LogP contribution in [-0.4, -0.2) is 37.1 Å². The molecule has 0 bridgehead atoms. The first-order valence-electron chi connectivity index (χ1n) is 4.12. The molecule has 0 aromatic rings. The van der Waals surface area contributed by atoms with Crippen molar-refractivity contribution in [1.29, 1.82) is 0 Å². The number of nitrogens with zero attached hydrogens (tertiary/aromatic N) is 1. The summed E-state index contributed by atoms with van der Waals surface area (Å²) >= 11 is 0. The van der Waals surface area contributed by atoms with Crippen LogP contribution in [-0.2, 0) is 0 Å². The van der Waals surface area contributed by atoms with E-state index in [2.05, 4.69) is 17.1 Å². The largest absolute Gasteiger partial charge is 0.342 e. The minimum atomic E-state index is 0.727. The van der Waals surface area contributed by atoms with Crippen LogP contribution in [0.4, 0.5) is 0 Å². The fraction of sp³-hybridized carbons (Fsp3) is 0.875. The summed E-state index contributed by atoms with van der Waals surface area (Å²) in [4.78, 5) is 2.31. The number of quaternary nitrogens is 1. The lowest BCUT2D eigenvalue weighted by atomic mass is 10.1. The SMILES string of the molecule is [CH]CN1CC[NH2+]C(CC)C1. The quantitative estimate of drug-likeness (QED) is 0.542. The Morgan fingerprint density at radius 3 is 3.10 bits per heavy atom. The molecular formula is C8H17N2+. The predicted molar refractivity (Wildman–Crippen MR) is 41.6 cm³/mol. The van der Waals surface area contributed by atoms with Gasteiger partial charge in [0.25, 0.3) is 0 Å². The zero-order chi connectivity index (χ0) is 7.40. The molecule has 1 aliphatic heterocycles. The normalized spacial score (nSPS) is 28.8. The number of rotatable bonds is 2. The molecule has 2 nitrogen and oxygen atoms in total. The van der Waals surface area contributed by atoms with E-state index in [4.69, 9.17) is 6.92 Å². The molecular weight excluding hydrogens is 124 g/mol. The van der Waals surface area contributed by atoms with Gasteiger partial charge >= 0.3 is 0 Å². The second-order valence-electron chi connectivity index (χ2n) is 2.95. The summed E-state index contributed by atoms with van der Waals surface area (Å²) in [6.07, 6.45) is 1.26. The Hall–Kier alpha value is -0.0800. The third-order valence-electron chi connectivity index (χ3n) is 2.22. The number of nitrogens with two attached hydrogens (primary N) is 1. The van der Waals surface area contributed by atoms with Crippen LogP contribution in [0.2, 0.25) is 0 Å². The highest BCUT2D eigenvalue weighted by atomic mass is 15.2. The second kappa shape index (κ2) is 3.94. The van der Waals surface area contributed by atoms with Gasteiger partial charge in [-0.1, -0.05) is 6.92 Å². The van der Waals surface area contributed by atoms with Crippen LogP contribution in [0.3, 0.4) is 0 Å². The molecule has 10 heavy (non-hydrogen) atoms. The van der Waals surface area contributed by atoms with Crippen molar-refractivity contribution in [2.45, 2.75) is 19.4 Å². The molecule has 58 valence electrons. The van der Waals surface area contributed by atoms with E-state index in [1.165, 1.54) is 19.5 Å². The van der Waals surface area contributed by atoms with Gasteiger partial charge in [-0.2, -0.15) is 0 Å². The standard InChI is InChI=1S/C8H16N2/c1-3-8-7-10(4-2)6-5-9-8/h2,8-9H,3-7H2,1H3/p+1. The molecule has 2 heteroatoms. The van der Waals surface area contributed by atoms with Gasteiger partial charge in [0.15, 0.2) is 0 Å². The Bertz CT molecular complexity index is 83.3. The minimum Gasteiger partial charge on any atom is -0.342 e. The zero-order valence-electron chi connectivity index (χ0n) is 6.71. The van der Waals surface area contributed by atoms with Crippen molar-refractivity contribution in [1.82, 2.24) is 4.90 Å². The van der Waals surface area contributed by atoms with Crippen LogP contribution in [0.5, 0.6) is 0 Å². The van der Waals surface area contributed by atoms with Gasteiger partial charge < -0.3 is 5.32 Å². The fourth-order valence-corrected chi connectivity index (χ4v) is 1.45. The van der Waals surface area contributed by atoms with Crippen molar-refractivity contribution in [3.05, 3.63) is 6.92 Å². The summed E-state index contributed by atoms with van der Waals surface area (Å²) in [6.45, 7) is 12.0. The van der Waals surface area contributed by atoms with Crippen molar-refractivity contribution in [2.75, 3.05) is 26.2 Å². The highest BCUT2D eigenvalue weighted by molar-refractivity contribution is 4.66. The molecule has 1 atom stereocenters. The maximum Gasteiger partial charge on any atom is 0.0985 e. The van der Waals surface area contributed by atoms with Crippen LogP contribution in [0.25, 0.3) is 0 Å². The van der Waals surface area contributed by atoms with Crippen molar-refractivity contribution in [2.24, 2.45) is 0 Å². The van der Waals surface area contributed by atoms with Gasteiger partial charge in [0.1, 0.15) is 0 Å². The maximum absolute atomic E-state index is 5.53. The summed E-state index contributed by atoms with van der Waals surface area (Å²) in [5, 5.41) is 2.42. The topological polar surface area (TPSA) is 19.9 Å². The molecule has 0 spiro atoms. The van der Waals surface area contributed by atoms with Crippen LogP contribution >= 0.6 is 0 Å². The molecule has 1 rings (SSSR count). The van der Waals surface area contributed by atoms with E-state index in [1.807, 2.05) is 0 Å². The molecule has 2 radical (unpaired) electrons. The summed E-state index contributed by atoms with van der Waals surface area (Å²) in [5.41, 5.74) is 0. The molecule has 1 unspecified atom stereocenters. The Morgan fingerprint density at radius 1 is 1.70 bits per heavy atom. The highest BCUT2D eigenvalue weighted by Crippen LogP contribution is 1.94. The van der Waals surface area contributed by atoms with Crippen LogP contribution in [0, 0.1) is 6.92 Å². The minimum absolute atomic E-state index is 0.727. The monoisotopic (exact) mass is 141 g/mol. The molecule has 0 saturated carbocycles. The number of hydrogen-bond donors (Lipinski definition) is 1. The smallest absolute Gasteiger partial charge is 0.0985 e. The number of hydrogen-bond acceptors (Lipinski definition) is 1. The van der Waals surface area contributed by atoms with Crippen molar-refractivity contribution in [3.8, 4) is 0 Å².